The van der Waals surface area contributed by atoms with Crippen LogP contribution in [-0.4, -0.2) is 0 Å². The number of ether oxygens (including phenoxy) is 1. The van der Waals surface area contributed by atoms with Crippen LogP contribution >= 0.6 is 0 Å². The standard InChI is InChI=1S/C13H11FO/c14-12-8-6-11(7-9-12)10-15-13-4-2-1-3-5-13/h1-9H,10H2. The molecule has 76 valence electrons. The Kier molecular flexibility index (Phi) is 2.98. The fraction of sp³-hybridized carbons (Fsp3) is 0.0769. The summed E-state index contributed by atoms with van der Waals surface area (Å²) in [5.41, 5.74) is 0.959. The van der Waals surface area contributed by atoms with E-state index in [0.29, 0.717) is 6.61 Å². The van der Waals surface area contributed by atoms with Crippen LogP contribution < -0.4 is 4.74 Å². The summed E-state index contributed by atoms with van der Waals surface area (Å²) >= 11 is 0. The zero-order valence-electron chi connectivity index (χ0n) is 8.19. The molecule has 2 aromatic carbocycles. The molecule has 0 saturated carbocycles. The summed E-state index contributed by atoms with van der Waals surface area (Å²) in [5.74, 6) is 0.597. The Labute approximate surface area is 88.1 Å². The van der Waals surface area contributed by atoms with Crippen molar-refractivity contribution in [1.82, 2.24) is 0 Å². The minimum absolute atomic E-state index is 0.224. The molecule has 0 aliphatic carbocycles. The van der Waals surface area contributed by atoms with Gasteiger partial charge in [-0.1, -0.05) is 30.3 Å². The summed E-state index contributed by atoms with van der Waals surface area (Å²) in [6.45, 7) is 0.463. The van der Waals surface area contributed by atoms with E-state index in [-0.39, 0.29) is 5.82 Å². The first-order valence-electron chi connectivity index (χ1n) is 4.77. The molecule has 0 atom stereocenters. The van der Waals surface area contributed by atoms with Crippen LogP contribution in [0.5, 0.6) is 5.75 Å². The molecule has 0 heterocycles. The van der Waals surface area contributed by atoms with E-state index in [4.69, 9.17) is 4.74 Å². The molecule has 2 rings (SSSR count). The maximum absolute atomic E-state index is 12.6. The van der Waals surface area contributed by atoms with E-state index in [0.717, 1.165) is 11.3 Å². The van der Waals surface area contributed by atoms with E-state index >= 15 is 0 Å². The number of benzene rings is 2. The first kappa shape index (κ1) is 9.71. The number of rotatable bonds is 3. The summed E-state index contributed by atoms with van der Waals surface area (Å²) in [5, 5.41) is 0. The van der Waals surface area contributed by atoms with Gasteiger partial charge in [0, 0.05) is 0 Å². The molecule has 0 aromatic heterocycles. The third kappa shape index (κ3) is 2.81. The smallest absolute Gasteiger partial charge is 0.123 e. The molecule has 15 heavy (non-hydrogen) atoms. The molecular formula is C13H11FO. The van der Waals surface area contributed by atoms with E-state index in [1.54, 1.807) is 12.1 Å². The Morgan fingerprint density at radius 3 is 2.20 bits per heavy atom. The van der Waals surface area contributed by atoms with Crippen molar-refractivity contribution in [3.05, 3.63) is 66.0 Å². The van der Waals surface area contributed by atoms with Crippen LogP contribution in [0, 0.1) is 5.82 Å². The molecule has 0 N–H and O–H groups in total. The number of para-hydroxylation sites is 1. The Morgan fingerprint density at radius 1 is 0.867 bits per heavy atom. The predicted molar refractivity (Wildman–Crippen MR) is 57.2 cm³/mol. The first-order valence-corrected chi connectivity index (χ1v) is 4.77. The quantitative estimate of drug-likeness (QED) is 0.741. The normalized spacial score (nSPS) is 9.93. The van der Waals surface area contributed by atoms with Crippen LogP contribution in [0.25, 0.3) is 0 Å². The highest BCUT2D eigenvalue weighted by molar-refractivity contribution is 5.22. The summed E-state index contributed by atoms with van der Waals surface area (Å²) < 4.78 is 18.1. The van der Waals surface area contributed by atoms with Crippen LogP contribution in [0.15, 0.2) is 54.6 Å². The largest absolute Gasteiger partial charge is 0.489 e. The van der Waals surface area contributed by atoms with Crippen molar-refractivity contribution >= 4 is 0 Å². The van der Waals surface area contributed by atoms with Gasteiger partial charge in [0.25, 0.3) is 0 Å². The van der Waals surface area contributed by atoms with Crippen molar-refractivity contribution in [2.45, 2.75) is 6.61 Å². The Morgan fingerprint density at radius 2 is 1.53 bits per heavy atom. The van der Waals surface area contributed by atoms with Crippen molar-refractivity contribution in [2.75, 3.05) is 0 Å². The highest BCUT2D eigenvalue weighted by atomic mass is 19.1. The van der Waals surface area contributed by atoms with Crippen molar-refractivity contribution in [1.29, 1.82) is 0 Å². The highest BCUT2D eigenvalue weighted by Crippen LogP contribution is 2.11. The molecule has 0 radical (unpaired) electrons. The first-order chi connectivity index (χ1) is 7.34. The lowest BCUT2D eigenvalue weighted by atomic mass is 10.2. The van der Waals surface area contributed by atoms with Crippen molar-refractivity contribution in [3.8, 4) is 5.75 Å². The van der Waals surface area contributed by atoms with Crippen molar-refractivity contribution < 1.29 is 9.13 Å². The molecule has 0 aliphatic rings. The van der Waals surface area contributed by atoms with Crippen LogP contribution in [0.4, 0.5) is 4.39 Å². The molecule has 0 fully saturated rings. The fourth-order valence-corrected chi connectivity index (χ4v) is 1.26. The molecule has 0 bridgehead atoms. The van der Waals surface area contributed by atoms with Gasteiger partial charge in [-0.15, -0.1) is 0 Å². The zero-order valence-corrected chi connectivity index (χ0v) is 8.19. The molecule has 1 nitrogen and oxygen atoms in total. The Hall–Kier alpha value is -1.83. The van der Waals surface area contributed by atoms with Crippen molar-refractivity contribution in [3.63, 3.8) is 0 Å². The number of hydrogen-bond acceptors (Lipinski definition) is 1. The van der Waals surface area contributed by atoms with Gasteiger partial charge in [-0.3, -0.25) is 0 Å². The lowest BCUT2D eigenvalue weighted by molar-refractivity contribution is 0.306. The molecule has 0 amide bonds. The van der Waals surface area contributed by atoms with Gasteiger partial charge < -0.3 is 4.74 Å². The van der Waals surface area contributed by atoms with E-state index in [2.05, 4.69) is 0 Å². The molecule has 2 aromatic rings. The number of hydrogen-bond donors (Lipinski definition) is 0. The predicted octanol–water partition coefficient (Wildman–Crippen LogP) is 3.40. The summed E-state index contributed by atoms with van der Waals surface area (Å²) in [4.78, 5) is 0. The minimum atomic E-state index is -0.224. The van der Waals surface area contributed by atoms with E-state index in [1.165, 1.54) is 12.1 Å². The van der Waals surface area contributed by atoms with Gasteiger partial charge >= 0.3 is 0 Å². The van der Waals surface area contributed by atoms with Gasteiger partial charge in [-0.2, -0.15) is 0 Å². The monoisotopic (exact) mass is 202 g/mol. The van der Waals surface area contributed by atoms with Crippen LogP contribution in [-0.2, 0) is 6.61 Å². The van der Waals surface area contributed by atoms with Gasteiger partial charge in [0.05, 0.1) is 0 Å². The lowest BCUT2D eigenvalue weighted by Crippen LogP contribution is -1.94. The molecule has 2 heteroatoms. The van der Waals surface area contributed by atoms with Crippen LogP contribution in [0.2, 0.25) is 0 Å². The average molecular weight is 202 g/mol. The molecular weight excluding hydrogens is 191 g/mol. The molecule has 0 aliphatic heterocycles. The van der Waals surface area contributed by atoms with Crippen molar-refractivity contribution in [2.24, 2.45) is 0 Å². The topological polar surface area (TPSA) is 9.23 Å². The lowest BCUT2D eigenvalue weighted by Gasteiger charge is -2.05. The molecule has 0 unspecified atom stereocenters. The third-order valence-corrected chi connectivity index (χ3v) is 2.06. The third-order valence-electron chi connectivity index (χ3n) is 2.06. The maximum atomic E-state index is 12.6. The van der Waals surface area contributed by atoms with E-state index in [9.17, 15) is 4.39 Å². The minimum Gasteiger partial charge on any atom is -0.489 e. The van der Waals surface area contributed by atoms with Gasteiger partial charge in [0.1, 0.15) is 18.2 Å². The van der Waals surface area contributed by atoms with Gasteiger partial charge in [0.15, 0.2) is 0 Å². The average Bonchev–Trinajstić information content (AvgIpc) is 2.30. The highest BCUT2D eigenvalue weighted by Gasteiger charge is 1.95. The summed E-state index contributed by atoms with van der Waals surface area (Å²) in [6, 6.07) is 15.9. The second-order valence-electron chi connectivity index (χ2n) is 3.23. The second kappa shape index (κ2) is 4.60. The molecule has 0 spiro atoms. The maximum Gasteiger partial charge on any atom is 0.123 e. The number of halogens is 1. The van der Waals surface area contributed by atoms with Crippen LogP contribution in [0.1, 0.15) is 5.56 Å². The summed E-state index contributed by atoms with van der Waals surface area (Å²) in [6.07, 6.45) is 0. The SMILES string of the molecule is Fc1ccc(COc2ccccc2)cc1. The fourth-order valence-electron chi connectivity index (χ4n) is 1.26. The molecule has 0 saturated heterocycles. The Bertz CT molecular complexity index is 408. The van der Waals surface area contributed by atoms with Gasteiger partial charge in [-0.25, -0.2) is 4.39 Å². The van der Waals surface area contributed by atoms with E-state index in [1.807, 2.05) is 30.3 Å². The van der Waals surface area contributed by atoms with Gasteiger partial charge in [-0.05, 0) is 29.8 Å². The van der Waals surface area contributed by atoms with E-state index < -0.39 is 0 Å². The zero-order chi connectivity index (χ0) is 10.5. The Balaban J connectivity index is 1.96. The summed E-state index contributed by atoms with van der Waals surface area (Å²) in [7, 11) is 0. The van der Waals surface area contributed by atoms with Crippen LogP contribution in [0.3, 0.4) is 0 Å². The van der Waals surface area contributed by atoms with Gasteiger partial charge in [0.2, 0.25) is 0 Å². The second-order valence-corrected chi connectivity index (χ2v) is 3.23.